The van der Waals surface area contributed by atoms with Crippen molar-refractivity contribution >= 4 is 17.5 Å². The van der Waals surface area contributed by atoms with Gasteiger partial charge in [0.2, 0.25) is 0 Å². The second kappa shape index (κ2) is 6.21. The number of hydrogen-bond donors (Lipinski definition) is 2. The summed E-state index contributed by atoms with van der Waals surface area (Å²) in [6, 6.07) is 7.36. The largest absolute Gasteiger partial charge is 0.354 e. The summed E-state index contributed by atoms with van der Waals surface area (Å²) < 4.78 is 1.49. The average Bonchev–Trinajstić information content (AvgIpc) is 2.87. The topological polar surface area (TPSA) is 76.0 Å². The van der Waals surface area contributed by atoms with Crippen molar-refractivity contribution in [3.63, 3.8) is 0 Å². The molecule has 0 radical (unpaired) electrons. The molecule has 2 N–H and O–H groups in total. The summed E-state index contributed by atoms with van der Waals surface area (Å²) in [7, 11) is 3.21. The van der Waals surface area contributed by atoms with Gasteiger partial charge in [0.25, 0.3) is 11.8 Å². The molecular weight excluding hydrogens is 268 g/mol. The number of hydrogen-bond acceptors (Lipinski definition) is 3. The Hall–Kier alpha value is -2.63. The first-order chi connectivity index (χ1) is 10.0. The summed E-state index contributed by atoms with van der Waals surface area (Å²) in [5, 5.41) is 9.26. The van der Waals surface area contributed by atoms with Gasteiger partial charge in [-0.05, 0) is 24.1 Å². The third-order valence-corrected chi connectivity index (χ3v) is 3.14. The molecule has 1 aromatic heterocycles. The van der Waals surface area contributed by atoms with Crippen LogP contribution >= 0.6 is 0 Å². The molecule has 6 nitrogen and oxygen atoms in total. The molecule has 0 saturated carbocycles. The highest BCUT2D eigenvalue weighted by Crippen LogP contribution is 2.15. The Labute approximate surface area is 123 Å². The van der Waals surface area contributed by atoms with Crippen molar-refractivity contribution in [1.82, 2.24) is 15.1 Å². The number of nitrogens with zero attached hydrogens (tertiary/aromatic N) is 2. The van der Waals surface area contributed by atoms with Crippen LogP contribution in [0.15, 0.2) is 30.5 Å². The Kier molecular flexibility index (Phi) is 4.37. The minimum atomic E-state index is -0.341. The Balaban J connectivity index is 2.20. The molecule has 2 aromatic rings. The molecule has 110 valence electrons. The third kappa shape index (κ3) is 3.28. The van der Waals surface area contributed by atoms with Crippen molar-refractivity contribution in [1.29, 1.82) is 0 Å². The van der Waals surface area contributed by atoms with E-state index in [1.807, 2.05) is 12.1 Å². The van der Waals surface area contributed by atoms with Crippen LogP contribution in [0.3, 0.4) is 0 Å². The normalized spacial score (nSPS) is 10.2. The molecule has 2 amide bonds. The van der Waals surface area contributed by atoms with Gasteiger partial charge in [-0.2, -0.15) is 5.10 Å². The number of carbonyl (C=O) groups excluding carboxylic acids is 2. The van der Waals surface area contributed by atoms with E-state index in [0.29, 0.717) is 11.3 Å². The molecule has 1 aromatic carbocycles. The summed E-state index contributed by atoms with van der Waals surface area (Å²) in [6.45, 7) is 2.06. The minimum absolute atomic E-state index is 0.193. The smallest absolute Gasteiger partial charge is 0.273 e. The standard InChI is InChI=1S/C15H18N4O2/c1-4-10-5-7-11(8-6-10)14(20)17-12-9-19(3)18-13(12)15(21)16-2/h5-9H,4H2,1-3H3,(H,16,21)(H,17,20). The van der Waals surface area contributed by atoms with Crippen molar-refractivity contribution in [3.8, 4) is 0 Å². The first-order valence-electron chi connectivity index (χ1n) is 6.71. The first-order valence-corrected chi connectivity index (χ1v) is 6.71. The highest BCUT2D eigenvalue weighted by atomic mass is 16.2. The van der Waals surface area contributed by atoms with Crippen LogP contribution in [-0.4, -0.2) is 28.6 Å². The van der Waals surface area contributed by atoms with Gasteiger partial charge in [-0.1, -0.05) is 19.1 Å². The molecule has 0 aliphatic carbocycles. The van der Waals surface area contributed by atoms with Crippen molar-refractivity contribution in [2.24, 2.45) is 7.05 Å². The van der Waals surface area contributed by atoms with E-state index < -0.39 is 0 Å². The summed E-state index contributed by atoms with van der Waals surface area (Å²) in [5.74, 6) is -0.608. The van der Waals surface area contributed by atoms with E-state index in [1.54, 1.807) is 25.4 Å². The summed E-state index contributed by atoms with van der Waals surface area (Å²) >= 11 is 0. The lowest BCUT2D eigenvalue weighted by Gasteiger charge is -2.05. The predicted molar refractivity (Wildman–Crippen MR) is 80.4 cm³/mol. The van der Waals surface area contributed by atoms with Crippen LogP contribution in [0.2, 0.25) is 0 Å². The predicted octanol–water partition coefficient (Wildman–Crippen LogP) is 1.59. The van der Waals surface area contributed by atoms with E-state index in [4.69, 9.17) is 0 Å². The van der Waals surface area contributed by atoms with E-state index in [1.165, 1.54) is 17.3 Å². The maximum absolute atomic E-state index is 12.2. The lowest BCUT2D eigenvalue weighted by molar-refractivity contribution is 0.0958. The van der Waals surface area contributed by atoms with Crippen LogP contribution in [0.4, 0.5) is 5.69 Å². The highest BCUT2D eigenvalue weighted by Gasteiger charge is 2.17. The van der Waals surface area contributed by atoms with E-state index in [2.05, 4.69) is 22.7 Å². The van der Waals surface area contributed by atoms with Crippen molar-refractivity contribution < 1.29 is 9.59 Å². The van der Waals surface area contributed by atoms with Gasteiger partial charge in [0.1, 0.15) is 0 Å². The molecule has 6 heteroatoms. The Bertz CT molecular complexity index is 659. The highest BCUT2D eigenvalue weighted by molar-refractivity contribution is 6.08. The number of aromatic nitrogens is 2. The zero-order chi connectivity index (χ0) is 15.4. The molecular formula is C15H18N4O2. The molecule has 0 aliphatic heterocycles. The Morgan fingerprint density at radius 2 is 1.86 bits per heavy atom. The number of nitrogens with one attached hydrogen (secondary N) is 2. The molecule has 0 saturated heterocycles. The molecule has 2 rings (SSSR count). The van der Waals surface area contributed by atoms with Crippen LogP contribution < -0.4 is 10.6 Å². The zero-order valence-electron chi connectivity index (χ0n) is 12.3. The molecule has 0 unspecified atom stereocenters. The van der Waals surface area contributed by atoms with Gasteiger partial charge in [-0.3, -0.25) is 14.3 Å². The third-order valence-electron chi connectivity index (χ3n) is 3.14. The van der Waals surface area contributed by atoms with E-state index >= 15 is 0 Å². The number of benzene rings is 1. The van der Waals surface area contributed by atoms with Crippen LogP contribution in [0.1, 0.15) is 33.3 Å². The first kappa shape index (κ1) is 14.8. The monoisotopic (exact) mass is 286 g/mol. The van der Waals surface area contributed by atoms with E-state index in [9.17, 15) is 9.59 Å². The Morgan fingerprint density at radius 3 is 2.43 bits per heavy atom. The van der Waals surface area contributed by atoms with Crippen LogP contribution in [0, 0.1) is 0 Å². The van der Waals surface area contributed by atoms with Gasteiger partial charge in [0.15, 0.2) is 5.69 Å². The van der Waals surface area contributed by atoms with Crippen LogP contribution in [-0.2, 0) is 13.5 Å². The summed E-state index contributed by atoms with van der Waals surface area (Å²) in [6.07, 6.45) is 2.52. The van der Waals surface area contributed by atoms with Crippen molar-refractivity contribution in [2.75, 3.05) is 12.4 Å². The van der Waals surface area contributed by atoms with E-state index in [-0.39, 0.29) is 17.5 Å². The van der Waals surface area contributed by atoms with Crippen molar-refractivity contribution in [2.45, 2.75) is 13.3 Å². The fourth-order valence-corrected chi connectivity index (χ4v) is 1.95. The van der Waals surface area contributed by atoms with E-state index in [0.717, 1.165) is 6.42 Å². The number of anilines is 1. The molecule has 0 atom stereocenters. The van der Waals surface area contributed by atoms with Gasteiger partial charge in [-0.15, -0.1) is 0 Å². The maximum Gasteiger partial charge on any atom is 0.273 e. The lowest BCUT2D eigenvalue weighted by Crippen LogP contribution is -2.21. The number of amides is 2. The fourth-order valence-electron chi connectivity index (χ4n) is 1.95. The number of rotatable bonds is 4. The number of aryl methyl sites for hydroxylation is 2. The van der Waals surface area contributed by atoms with Crippen LogP contribution in [0.5, 0.6) is 0 Å². The average molecular weight is 286 g/mol. The number of carbonyl (C=O) groups is 2. The molecule has 21 heavy (non-hydrogen) atoms. The molecule has 0 spiro atoms. The van der Waals surface area contributed by atoms with Gasteiger partial charge >= 0.3 is 0 Å². The second-order valence-corrected chi connectivity index (χ2v) is 4.65. The van der Waals surface area contributed by atoms with Gasteiger partial charge in [0.05, 0.1) is 5.69 Å². The lowest BCUT2D eigenvalue weighted by atomic mass is 10.1. The van der Waals surface area contributed by atoms with Gasteiger partial charge < -0.3 is 10.6 Å². The fraction of sp³-hybridized carbons (Fsp3) is 0.267. The van der Waals surface area contributed by atoms with Gasteiger partial charge in [-0.25, -0.2) is 0 Å². The summed E-state index contributed by atoms with van der Waals surface area (Å²) in [5.41, 5.74) is 2.29. The second-order valence-electron chi connectivity index (χ2n) is 4.65. The molecule has 0 bridgehead atoms. The zero-order valence-corrected chi connectivity index (χ0v) is 12.3. The molecule has 0 fully saturated rings. The quantitative estimate of drug-likeness (QED) is 0.896. The SMILES string of the molecule is CCc1ccc(C(=O)Nc2cn(C)nc2C(=O)NC)cc1. The van der Waals surface area contributed by atoms with Gasteiger partial charge in [0, 0.05) is 25.9 Å². The Morgan fingerprint density at radius 1 is 1.19 bits per heavy atom. The van der Waals surface area contributed by atoms with Crippen LogP contribution in [0.25, 0.3) is 0 Å². The minimum Gasteiger partial charge on any atom is -0.354 e. The molecule has 0 aliphatic rings. The maximum atomic E-state index is 12.2. The van der Waals surface area contributed by atoms with Crippen molar-refractivity contribution in [3.05, 3.63) is 47.3 Å². The summed E-state index contributed by atoms with van der Waals surface area (Å²) in [4.78, 5) is 23.9. The molecule has 1 heterocycles.